The monoisotopic (exact) mass is 557 g/mol. The number of fused-ring (bicyclic) bond motifs is 2. The number of aliphatic hydroxyl groups is 1. The molecule has 2 aromatic rings. The topological polar surface area (TPSA) is 81.2 Å². The lowest BCUT2D eigenvalue weighted by molar-refractivity contribution is -0.146. The summed E-state index contributed by atoms with van der Waals surface area (Å²) in [6.07, 6.45) is 8.08. The molecule has 3 amide bonds. The summed E-state index contributed by atoms with van der Waals surface area (Å²) in [5, 5.41) is 10.2. The normalized spacial score (nSPS) is 30.3. The Balaban J connectivity index is 1.44. The second kappa shape index (κ2) is 10.6. The van der Waals surface area contributed by atoms with Gasteiger partial charge in [-0.2, -0.15) is 0 Å². The van der Waals surface area contributed by atoms with E-state index >= 15 is 0 Å². The molecule has 0 saturated carbocycles. The number of thioether (sulfide) groups is 1. The van der Waals surface area contributed by atoms with Gasteiger partial charge in [0.25, 0.3) is 0 Å². The maximum Gasteiger partial charge on any atom is 0.247 e. The molecule has 40 heavy (non-hydrogen) atoms. The van der Waals surface area contributed by atoms with E-state index < -0.39 is 28.7 Å². The van der Waals surface area contributed by atoms with E-state index in [-0.39, 0.29) is 35.5 Å². The Labute approximate surface area is 239 Å². The van der Waals surface area contributed by atoms with Gasteiger partial charge in [-0.15, -0.1) is 11.8 Å². The summed E-state index contributed by atoms with van der Waals surface area (Å²) in [6.45, 7) is 4.94. The van der Waals surface area contributed by atoms with Gasteiger partial charge in [0, 0.05) is 30.6 Å². The molecule has 0 aromatic heterocycles. The Hall–Kier alpha value is -3.36. The molecule has 1 N–H and O–H groups in total. The van der Waals surface area contributed by atoms with Crippen molar-refractivity contribution in [2.45, 2.75) is 42.5 Å². The Bertz CT molecular complexity index is 1350. The first kappa shape index (κ1) is 26.8. The van der Waals surface area contributed by atoms with Crippen LogP contribution >= 0.6 is 11.8 Å². The Kier molecular flexibility index (Phi) is 7.09. The molecule has 8 heteroatoms. The van der Waals surface area contributed by atoms with Crippen molar-refractivity contribution in [1.82, 2.24) is 9.80 Å². The van der Waals surface area contributed by atoms with Gasteiger partial charge in [-0.05, 0) is 23.6 Å². The van der Waals surface area contributed by atoms with E-state index in [1.54, 1.807) is 26.5 Å². The first-order chi connectivity index (χ1) is 19.4. The number of hydrogen-bond acceptors (Lipinski definition) is 5. The van der Waals surface area contributed by atoms with Gasteiger partial charge in [0.1, 0.15) is 6.04 Å². The second-order valence-corrected chi connectivity index (χ2v) is 12.9. The molecule has 6 rings (SSSR count). The minimum absolute atomic E-state index is 0.0706. The largest absolute Gasteiger partial charge is 0.394 e. The van der Waals surface area contributed by atoms with Crippen molar-refractivity contribution in [2.24, 2.45) is 17.8 Å². The highest BCUT2D eigenvalue weighted by molar-refractivity contribution is 8.02. The summed E-state index contributed by atoms with van der Waals surface area (Å²) in [5.74, 6) is -1.84. The van der Waals surface area contributed by atoms with Gasteiger partial charge in [-0.1, -0.05) is 86.7 Å². The number of anilines is 1. The lowest BCUT2D eigenvalue weighted by Crippen LogP contribution is -2.57. The van der Waals surface area contributed by atoms with Gasteiger partial charge in [-0.3, -0.25) is 14.4 Å². The average Bonchev–Trinajstić information content (AvgIpc) is 3.27. The molecule has 208 valence electrons. The van der Waals surface area contributed by atoms with Crippen molar-refractivity contribution in [1.29, 1.82) is 0 Å². The third-order valence-electron chi connectivity index (χ3n) is 8.78. The predicted octanol–water partition coefficient (Wildman–Crippen LogP) is 3.50. The maximum absolute atomic E-state index is 14.5. The number of carbonyl (C=O) groups is 3. The predicted molar refractivity (Wildman–Crippen MR) is 156 cm³/mol. The maximum atomic E-state index is 14.5. The fourth-order valence-corrected chi connectivity index (χ4v) is 8.88. The number of amides is 3. The SMILES string of the molecule is CC(C)[C@H](CO)N1C(=O)[C@@H]2[C@H]3C(=O)N(c4ccccc4)CC=C[C@H]3S[C@@]23C=CCN(Cc2ccccc2)C(=O)C13. The molecular formula is C32H35N3O4S. The summed E-state index contributed by atoms with van der Waals surface area (Å²) in [7, 11) is 0. The fourth-order valence-electron chi connectivity index (χ4n) is 6.89. The molecule has 2 saturated heterocycles. The zero-order chi connectivity index (χ0) is 28.0. The van der Waals surface area contributed by atoms with E-state index in [1.165, 1.54) is 0 Å². The summed E-state index contributed by atoms with van der Waals surface area (Å²) >= 11 is 1.57. The average molecular weight is 558 g/mol. The molecule has 7 nitrogen and oxygen atoms in total. The summed E-state index contributed by atoms with van der Waals surface area (Å²) in [4.78, 5) is 48.5. The van der Waals surface area contributed by atoms with Crippen molar-refractivity contribution in [3.8, 4) is 0 Å². The smallest absolute Gasteiger partial charge is 0.247 e. The van der Waals surface area contributed by atoms with Gasteiger partial charge >= 0.3 is 0 Å². The molecule has 0 aliphatic carbocycles. The van der Waals surface area contributed by atoms with Crippen molar-refractivity contribution in [3.05, 3.63) is 90.5 Å². The van der Waals surface area contributed by atoms with E-state index in [9.17, 15) is 19.5 Å². The molecule has 0 bridgehead atoms. The van der Waals surface area contributed by atoms with Crippen LogP contribution < -0.4 is 4.90 Å². The molecule has 4 aliphatic heterocycles. The van der Waals surface area contributed by atoms with E-state index in [4.69, 9.17) is 0 Å². The molecule has 2 aromatic carbocycles. The van der Waals surface area contributed by atoms with Crippen LogP contribution in [0.1, 0.15) is 19.4 Å². The third kappa shape index (κ3) is 4.20. The van der Waals surface area contributed by atoms with Crippen LogP contribution in [0.25, 0.3) is 0 Å². The third-order valence-corrected chi connectivity index (χ3v) is 10.5. The van der Waals surface area contributed by atoms with Crippen LogP contribution in [0.4, 0.5) is 5.69 Å². The zero-order valence-corrected chi connectivity index (χ0v) is 23.6. The number of carbonyl (C=O) groups excluding carboxylic acids is 3. The molecule has 1 spiro atoms. The standard InChI is InChI=1S/C32H35N3O4S/c1-21(2)24(20-36)35-28-31(39)33(19-22-11-5-3-6-12-22)17-10-16-32(28)27(30(35)38)26-25(40-32)15-9-18-34(29(26)37)23-13-7-4-8-14-23/h3-16,21,24-28,36H,17-20H2,1-2H3/t24-,25+,26-,27-,28?,32-/m0/s1. The first-order valence-electron chi connectivity index (χ1n) is 14.0. The van der Waals surface area contributed by atoms with Gasteiger partial charge in [-0.25, -0.2) is 0 Å². The number of benzene rings is 2. The molecular weight excluding hydrogens is 522 g/mol. The van der Waals surface area contributed by atoms with Gasteiger partial charge < -0.3 is 19.8 Å². The number of hydrogen-bond donors (Lipinski definition) is 1. The van der Waals surface area contributed by atoms with Crippen LogP contribution in [-0.2, 0) is 20.9 Å². The summed E-state index contributed by atoms with van der Waals surface area (Å²) < 4.78 is -0.906. The number of para-hydroxylation sites is 1. The van der Waals surface area contributed by atoms with E-state index in [2.05, 4.69) is 6.08 Å². The molecule has 6 atom stereocenters. The molecule has 4 heterocycles. The fraction of sp³-hybridized carbons (Fsp3) is 0.406. The number of nitrogens with zero attached hydrogens (tertiary/aromatic N) is 3. The van der Waals surface area contributed by atoms with Crippen molar-refractivity contribution in [2.75, 3.05) is 24.6 Å². The minimum atomic E-state index is -0.906. The Morgan fingerprint density at radius 3 is 2.30 bits per heavy atom. The molecule has 0 radical (unpaired) electrons. The van der Waals surface area contributed by atoms with Crippen LogP contribution in [0.15, 0.2) is 85.0 Å². The molecule has 4 aliphatic rings. The number of aliphatic hydroxyl groups excluding tert-OH is 1. The van der Waals surface area contributed by atoms with Crippen molar-refractivity contribution < 1.29 is 19.5 Å². The highest BCUT2D eigenvalue weighted by Crippen LogP contribution is 2.61. The second-order valence-electron chi connectivity index (χ2n) is 11.4. The number of rotatable bonds is 6. The van der Waals surface area contributed by atoms with Gasteiger partial charge in [0.15, 0.2) is 0 Å². The van der Waals surface area contributed by atoms with Crippen molar-refractivity contribution in [3.63, 3.8) is 0 Å². The lowest BCUT2D eigenvalue weighted by Gasteiger charge is -2.39. The van der Waals surface area contributed by atoms with E-state index in [0.717, 1.165) is 11.3 Å². The molecule has 2 fully saturated rings. The lowest BCUT2D eigenvalue weighted by atomic mass is 9.78. The Morgan fingerprint density at radius 2 is 1.62 bits per heavy atom. The highest BCUT2D eigenvalue weighted by atomic mass is 32.2. The van der Waals surface area contributed by atoms with E-state index in [1.807, 2.05) is 92.7 Å². The molecule has 1 unspecified atom stereocenters. The van der Waals surface area contributed by atoms with Crippen LogP contribution in [0.5, 0.6) is 0 Å². The van der Waals surface area contributed by atoms with Crippen LogP contribution in [0.2, 0.25) is 0 Å². The van der Waals surface area contributed by atoms with Gasteiger partial charge in [0.2, 0.25) is 17.7 Å². The zero-order valence-electron chi connectivity index (χ0n) is 22.8. The summed E-state index contributed by atoms with van der Waals surface area (Å²) in [5.41, 5.74) is 1.80. The van der Waals surface area contributed by atoms with Gasteiger partial charge in [0.05, 0.1) is 29.2 Å². The first-order valence-corrected chi connectivity index (χ1v) is 14.9. The van der Waals surface area contributed by atoms with Crippen LogP contribution in [0.3, 0.4) is 0 Å². The van der Waals surface area contributed by atoms with Crippen LogP contribution in [-0.4, -0.2) is 74.4 Å². The summed E-state index contributed by atoms with van der Waals surface area (Å²) in [6, 6.07) is 18.0. The van der Waals surface area contributed by atoms with Crippen molar-refractivity contribution >= 4 is 35.2 Å². The Morgan fingerprint density at radius 1 is 0.925 bits per heavy atom. The number of likely N-dealkylation sites (tertiary alicyclic amines) is 1. The highest BCUT2D eigenvalue weighted by Gasteiger charge is 2.71. The quantitative estimate of drug-likeness (QED) is 0.550. The van der Waals surface area contributed by atoms with Crippen LogP contribution in [0, 0.1) is 17.8 Å². The van der Waals surface area contributed by atoms with E-state index in [0.29, 0.717) is 19.6 Å². The minimum Gasteiger partial charge on any atom is -0.394 e.